The third-order valence-corrected chi connectivity index (χ3v) is 9.58. The fourth-order valence-corrected chi connectivity index (χ4v) is 6.88. The Morgan fingerprint density at radius 1 is 1.09 bits per heavy atom. The van der Waals surface area contributed by atoms with Crippen LogP contribution in [-0.2, 0) is 22.5 Å². The Morgan fingerprint density at radius 3 is 2.67 bits per heavy atom. The second-order valence-electron chi connectivity index (χ2n) is 12.5. The van der Waals surface area contributed by atoms with E-state index < -0.39 is 18.0 Å². The van der Waals surface area contributed by atoms with E-state index in [1.54, 1.807) is 12.1 Å². The number of pyridine rings is 3. The molecule has 6 heterocycles. The average Bonchev–Trinajstić information content (AvgIpc) is 3.35. The maximum atomic E-state index is 15.1. The Balaban J connectivity index is 0.974. The molecule has 1 amide bonds. The van der Waals surface area contributed by atoms with E-state index in [0.29, 0.717) is 79.5 Å². The van der Waals surface area contributed by atoms with Gasteiger partial charge >= 0.3 is 0 Å². The van der Waals surface area contributed by atoms with Crippen molar-refractivity contribution in [1.29, 1.82) is 0 Å². The minimum Gasteiger partial charge on any atom is -0.480 e. The van der Waals surface area contributed by atoms with Crippen LogP contribution in [0.15, 0.2) is 30.5 Å². The number of rotatable bonds is 9. The van der Waals surface area contributed by atoms with Crippen molar-refractivity contribution in [3.8, 4) is 11.6 Å². The number of carbonyl (C=O) groups excluding carboxylic acids is 1. The molecule has 0 spiro atoms. The fourth-order valence-electron chi connectivity index (χ4n) is 6.88. The van der Waals surface area contributed by atoms with Crippen molar-refractivity contribution >= 4 is 22.8 Å². The zero-order valence-corrected chi connectivity index (χ0v) is 23.9. The number of halogens is 1. The highest BCUT2D eigenvalue weighted by atomic mass is 19.1. The third-order valence-electron chi connectivity index (χ3n) is 9.58. The number of anilines is 1. The highest BCUT2D eigenvalue weighted by molar-refractivity contribution is 5.94. The number of nitrogens with zero attached hydrogens (tertiary/aromatic N) is 3. The van der Waals surface area contributed by atoms with Gasteiger partial charge in [-0.2, -0.15) is 0 Å². The van der Waals surface area contributed by atoms with Crippen molar-refractivity contribution in [2.24, 2.45) is 5.92 Å². The van der Waals surface area contributed by atoms with Crippen LogP contribution in [0, 0.1) is 11.7 Å². The number of nitrogens with one attached hydrogen (secondary N) is 2. The molecular weight excluding hydrogens is 557 g/mol. The second kappa shape index (κ2) is 11.2. The molecule has 5 aliphatic rings. The van der Waals surface area contributed by atoms with Gasteiger partial charge in [0.25, 0.3) is 5.91 Å². The Kier molecular flexibility index (Phi) is 7.40. The van der Waals surface area contributed by atoms with Gasteiger partial charge < -0.3 is 35.1 Å². The van der Waals surface area contributed by atoms with Crippen molar-refractivity contribution in [1.82, 2.24) is 20.3 Å². The number of aliphatic hydroxyl groups is 2. The highest BCUT2D eigenvalue weighted by Gasteiger charge is 2.49. The summed E-state index contributed by atoms with van der Waals surface area (Å²) in [5, 5.41) is 26.0. The normalized spacial score (nSPS) is 29.7. The molecule has 11 nitrogen and oxygen atoms in total. The molecule has 3 atom stereocenters. The SMILES string of the molecule is O=C1COc2ccc(CNC34CCC(CCc5c(F)cnc6ccc(OCC7C[C@@H](O)[C@@H](O)C7)nc56)(CC3)OC4)nc2N1. The molecule has 2 saturated heterocycles. The summed E-state index contributed by atoms with van der Waals surface area (Å²) >= 11 is 0. The molecule has 2 bridgehead atoms. The number of ether oxygens (including phenoxy) is 3. The van der Waals surface area contributed by atoms with E-state index in [9.17, 15) is 15.0 Å². The van der Waals surface area contributed by atoms with Gasteiger partial charge in [-0.05, 0) is 75.5 Å². The van der Waals surface area contributed by atoms with Crippen molar-refractivity contribution < 1.29 is 33.6 Å². The number of amides is 1. The summed E-state index contributed by atoms with van der Waals surface area (Å²) in [5.41, 5.74) is 1.96. The predicted molar refractivity (Wildman–Crippen MR) is 153 cm³/mol. The summed E-state index contributed by atoms with van der Waals surface area (Å²) in [6, 6.07) is 7.24. The van der Waals surface area contributed by atoms with Crippen LogP contribution in [0.4, 0.5) is 10.2 Å². The first-order chi connectivity index (χ1) is 20.8. The van der Waals surface area contributed by atoms with E-state index in [-0.39, 0.29) is 29.6 Å². The molecule has 8 rings (SSSR count). The smallest absolute Gasteiger partial charge is 0.263 e. The second-order valence-corrected chi connectivity index (χ2v) is 12.5. The van der Waals surface area contributed by atoms with Crippen LogP contribution in [0.5, 0.6) is 11.6 Å². The van der Waals surface area contributed by atoms with Gasteiger partial charge in [0.15, 0.2) is 18.2 Å². The molecule has 3 aromatic rings. The van der Waals surface area contributed by atoms with E-state index in [1.165, 1.54) is 6.20 Å². The molecule has 0 radical (unpaired) electrons. The number of hydrogen-bond donors (Lipinski definition) is 4. The quantitative estimate of drug-likeness (QED) is 0.292. The standard InChI is InChI=1S/C31H36FN5O6/c32-21-14-33-22-2-4-27(42-15-18-11-23(38)24(39)12-18)37-28(22)20(21)5-6-31-9-7-30(8-10-31,17-43-31)34-13-19-1-3-25-29(35-19)36-26(40)16-41-25/h1-4,14,18,23-24,34,38-39H,5-13,15-17H2,(H,35,36,40)/t18?,23-,24+,30?,31?. The van der Waals surface area contributed by atoms with E-state index in [4.69, 9.17) is 14.2 Å². The molecule has 0 aromatic carbocycles. The molecular formula is C31H36FN5O6. The van der Waals surface area contributed by atoms with Crippen LogP contribution >= 0.6 is 0 Å². The van der Waals surface area contributed by atoms with E-state index in [0.717, 1.165) is 31.4 Å². The van der Waals surface area contributed by atoms with Crippen LogP contribution in [0.1, 0.15) is 56.2 Å². The minimum absolute atomic E-state index is 0.00370. The number of aliphatic hydroxyl groups excluding tert-OH is 2. The average molecular weight is 594 g/mol. The van der Waals surface area contributed by atoms with Gasteiger partial charge in [0.1, 0.15) is 5.82 Å². The first kappa shape index (κ1) is 28.3. The topological polar surface area (TPSA) is 148 Å². The highest BCUT2D eigenvalue weighted by Crippen LogP contribution is 2.46. The number of aromatic nitrogens is 3. The number of fused-ring (bicyclic) bond motifs is 5. The molecule has 1 unspecified atom stereocenters. The van der Waals surface area contributed by atoms with E-state index in [2.05, 4.69) is 25.6 Å². The van der Waals surface area contributed by atoms with E-state index >= 15 is 4.39 Å². The summed E-state index contributed by atoms with van der Waals surface area (Å²) in [4.78, 5) is 25.0. The van der Waals surface area contributed by atoms with Gasteiger partial charge in [0, 0.05) is 23.7 Å². The molecule has 12 heteroatoms. The predicted octanol–water partition coefficient (Wildman–Crippen LogP) is 2.81. The summed E-state index contributed by atoms with van der Waals surface area (Å²) in [5.74, 6) is 0.841. The Hall–Kier alpha value is -3.45. The molecule has 2 aliphatic carbocycles. The summed E-state index contributed by atoms with van der Waals surface area (Å²) in [7, 11) is 0. The van der Waals surface area contributed by atoms with Crippen LogP contribution in [0.3, 0.4) is 0 Å². The first-order valence-electron chi connectivity index (χ1n) is 15.0. The van der Waals surface area contributed by atoms with Crippen LogP contribution in [0.25, 0.3) is 11.0 Å². The lowest BCUT2D eigenvalue weighted by Gasteiger charge is -2.53. The Labute approximate surface area is 248 Å². The molecule has 43 heavy (non-hydrogen) atoms. The molecule has 4 N–H and O–H groups in total. The van der Waals surface area contributed by atoms with Crippen LogP contribution in [0.2, 0.25) is 0 Å². The Bertz CT molecular complexity index is 1500. The maximum absolute atomic E-state index is 15.1. The molecule has 3 aromatic heterocycles. The lowest BCUT2D eigenvalue weighted by Crippen LogP contribution is -2.61. The van der Waals surface area contributed by atoms with Gasteiger partial charge in [0.05, 0.1) is 53.9 Å². The van der Waals surface area contributed by atoms with E-state index in [1.807, 2.05) is 12.1 Å². The number of aryl methyl sites for hydroxylation is 1. The van der Waals surface area contributed by atoms with Gasteiger partial charge in [0.2, 0.25) is 5.88 Å². The molecule has 2 saturated carbocycles. The van der Waals surface area contributed by atoms with Crippen molar-refractivity contribution in [2.75, 3.05) is 25.1 Å². The number of hydrogen-bond acceptors (Lipinski definition) is 10. The first-order valence-corrected chi connectivity index (χ1v) is 15.0. The zero-order valence-electron chi connectivity index (χ0n) is 23.9. The van der Waals surface area contributed by atoms with Crippen LogP contribution < -0.4 is 20.1 Å². The van der Waals surface area contributed by atoms with Crippen molar-refractivity contribution in [2.45, 2.75) is 81.3 Å². The fraction of sp³-hybridized carbons (Fsp3) is 0.548. The van der Waals surface area contributed by atoms with Gasteiger partial charge in [-0.1, -0.05) is 0 Å². The summed E-state index contributed by atoms with van der Waals surface area (Å²) in [6.07, 6.45) is 5.53. The van der Waals surface area contributed by atoms with Crippen molar-refractivity contribution in [3.05, 3.63) is 47.5 Å². The van der Waals surface area contributed by atoms with Crippen LogP contribution in [-0.4, -0.2) is 74.2 Å². The number of carbonyl (C=O) groups is 1. The zero-order chi connectivity index (χ0) is 29.6. The van der Waals surface area contributed by atoms with Gasteiger partial charge in [-0.25, -0.2) is 14.4 Å². The summed E-state index contributed by atoms with van der Waals surface area (Å²) in [6.45, 7) is 1.44. The van der Waals surface area contributed by atoms with Crippen molar-refractivity contribution in [3.63, 3.8) is 0 Å². The van der Waals surface area contributed by atoms with Gasteiger partial charge in [-0.3, -0.25) is 9.78 Å². The largest absolute Gasteiger partial charge is 0.480 e. The minimum atomic E-state index is -0.725. The summed E-state index contributed by atoms with van der Waals surface area (Å²) < 4.78 is 32.9. The molecule has 228 valence electrons. The lowest BCUT2D eigenvalue weighted by molar-refractivity contribution is -0.165. The van der Waals surface area contributed by atoms with Gasteiger partial charge in [-0.15, -0.1) is 0 Å². The Morgan fingerprint density at radius 2 is 1.91 bits per heavy atom. The lowest BCUT2D eigenvalue weighted by atomic mass is 9.69. The molecule has 4 fully saturated rings. The third kappa shape index (κ3) is 5.76. The molecule has 3 aliphatic heterocycles. The maximum Gasteiger partial charge on any atom is 0.263 e. The monoisotopic (exact) mass is 593 g/mol.